The quantitative estimate of drug-likeness (QED) is 0.498. The number of aryl methyl sites for hydroxylation is 2. The third-order valence-electron chi connectivity index (χ3n) is 5.10. The average Bonchev–Trinajstić information content (AvgIpc) is 3.11. The van der Waals surface area contributed by atoms with Crippen molar-refractivity contribution in [3.05, 3.63) is 75.7 Å². The summed E-state index contributed by atoms with van der Waals surface area (Å²) in [5, 5.41) is 5.29. The largest absolute Gasteiger partial charge is 0.465 e. The van der Waals surface area contributed by atoms with Crippen molar-refractivity contribution in [3.63, 3.8) is 0 Å². The molecular weight excluding hydrogens is 394 g/mol. The number of benzene rings is 2. The molecule has 1 aromatic heterocycles. The predicted molar refractivity (Wildman–Crippen MR) is 124 cm³/mol. The van der Waals surface area contributed by atoms with E-state index in [4.69, 9.17) is 4.74 Å². The van der Waals surface area contributed by atoms with Crippen LogP contribution in [0.3, 0.4) is 0 Å². The first-order valence-corrected chi connectivity index (χ1v) is 10.7. The summed E-state index contributed by atoms with van der Waals surface area (Å²) in [5.41, 5.74) is 5.98. The van der Waals surface area contributed by atoms with Crippen molar-refractivity contribution >= 4 is 28.2 Å². The number of carbonyl (C=O) groups is 2. The van der Waals surface area contributed by atoms with Crippen molar-refractivity contribution in [3.8, 4) is 11.1 Å². The van der Waals surface area contributed by atoms with E-state index in [9.17, 15) is 9.59 Å². The molecule has 1 amide bonds. The molecule has 3 rings (SSSR count). The minimum absolute atomic E-state index is 0.0153. The molecule has 5 heteroatoms. The molecule has 4 nitrogen and oxygen atoms in total. The standard InChI is InChI=1S/C25H27NO3S/c1-15-7-8-16(2)19(13-15)20-14-30-23(21(20)24(28)29-6)26-22(27)17-9-11-18(12-10-17)25(3,4)5/h7-14H,1-6H3,(H,26,27). The van der Waals surface area contributed by atoms with Gasteiger partial charge in [0.25, 0.3) is 5.91 Å². The van der Waals surface area contributed by atoms with Crippen molar-refractivity contribution in [2.45, 2.75) is 40.0 Å². The Kier molecular flexibility index (Phi) is 6.13. The van der Waals surface area contributed by atoms with Gasteiger partial charge in [-0.25, -0.2) is 4.79 Å². The highest BCUT2D eigenvalue weighted by atomic mass is 32.1. The lowest BCUT2D eigenvalue weighted by Crippen LogP contribution is -2.15. The van der Waals surface area contributed by atoms with Gasteiger partial charge in [0.2, 0.25) is 0 Å². The molecular formula is C25H27NO3S. The molecule has 1 heterocycles. The number of ether oxygens (including phenoxy) is 1. The summed E-state index contributed by atoms with van der Waals surface area (Å²) in [6.45, 7) is 10.4. The monoisotopic (exact) mass is 421 g/mol. The van der Waals surface area contributed by atoms with Gasteiger partial charge in [-0.3, -0.25) is 4.79 Å². The van der Waals surface area contributed by atoms with Crippen LogP contribution >= 0.6 is 11.3 Å². The second-order valence-corrected chi connectivity index (χ2v) is 9.32. The SMILES string of the molecule is COC(=O)c1c(-c2cc(C)ccc2C)csc1NC(=O)c1ccc(C(C)(C)C)cc1. The number of hydrogen-bond donors (Lipinski definition) is 1. The Labute approximate surface area is 181 Å². The molecule has 0 saturated heterocycles. The first-order chi connectivity index (χ1) is 14.1. The molecule has 0 spiro atoms. The van der Waals surface area contributed by atoms with Crippen LogP contribution in [0.4, 0.5) is 5.00 Å². The van der Waals surface area contributed by atoms with Crippen molar-refractivity contribution in [1.82, 2.24) is 0 Å². The van der Waals surface area contributed by atoms with Gasteiger partial charge >= 0.3 is 5.97 Å². The Hall–Kier alpha value is -2.92. The molecule has 0 unspecified atom stereocenters. The van der Waals surface area contributed by atoms with Crippen LogP contribution < -0.4 is 5.32 Å². The smallest absolute Gasteiger partial charge is 0.341 e. The van der Waals surface area contributed by atoms with Gasteiger partial charge in [-0.2, -0.15) is 0 Å². The summed E-state index contributed by atoms with van der Waals surface area (Å²) >= 11 is 1.33. The molecule has 0 aliphatic rings. The highest BCUT2D eigenvalue weighted by molar-refractivity contribution is 7.15. The van der Waals surface area contributed by atoms with E-state index >= 15 is 0 Å². The first kappa shape index (κ1) is 21.8. The summed E-state index contributed by atoms with van der Waals surface area (Å²) in [4.78, 5) is 25.4. The van der Waals surface area contributed by atoms with Gasteiger partial charge in [-0.05, 0) is 48.1 Å². The van der Waals surface area contributed by atoms with Crippen molar-refractivity contribution in [2.75, 3.05) is 12.4 Å². The zero-order valence-electron chi connectivity index (χ0n) is 18.3. The molecule has 1 N–H and O–H groups in total. The highest BCUT2D eigenvalue weighted by Crippen LogP contribution is 2.38. The number of methoxy groups -OCH3 is 1. The van der Waals surface area contributed by atoms with Gasteiger partial charge in [0, 0.05) is 16.5 Å². The van der Waals surface area contributed by atoms with Crippen LogP contribution in [0, 0.1) is 13.8 Å². The molecule has 2 aromatic carbocycles. The Bertz CT molecular complexity index is 1090. The molecule has 3 aromatic rings. The minimum atomic E-state index is -0.467. The summed E-state index contributed by atoms with van der Waals surface area (Å²) in [5.74, 6) is -0.722. The van der Waals surface area contributed by atoms with Gasteiger partial charge in [0.15, 0.2) is 0 Å². The molecule has 0 radical (unpaired) electrons. The topological polar surface area (TPSA) is 55.4 Å². The molecule has 30 heavy (non-hydrogen) atoms. The molecule has 0 aliphatic heterocycles. The van der Waals surface area contributed by atoms with Gasteiger partial charge in [-0.15, -0.1) is 11.3 Å². The fourth-order valence-electron chi connectivity index (χ4n) is 3.28. The molecule has 0 fully saturated rings. The molecule has 0 bridgehead atoms. The van der Waals surface area contributed by atoms with Gasteiger partial charge in [0.1, 0.15) is 10.6 Å². The maximum atomic E-state index is 12.8. The van der Waals surface area contributed by atoms with E-state index in [1.54, 1.807) is 0 Å². The van der Waals surface area contributed by atoms with Crippen LogP contribution in [-0.4, -0.2) is 19.0 Å². The van der Waals surface area contributed by atoms with Crippen LogP contribution in [0.15, 0.2) is 47.8 Å². The van der Waals surface area contributed by atoms with E-state index in [-0.39, 0.29) is 11.3 Å². The summed E-state index contributed by atoms with van der Waals surface area (Å²) in [7, 11) is 1.35. The van der Waals surface area contributed by atoms with Crippen LogP contribution in [0.5, 0.6) is 0 Å². The second kappa shape index (κ2) is 8.44. The fourth-order valence-corrected chi connectivity index (χ4v) is 4.22. The van der Waals surface area contributed by atoms with Crippen LogP contribution in [-0.2, 0) is 10.2 Å². The lowest BCUT2D eigenvalue weighted by molar-refractivity contribution is 0.0603. The second-order valence-electron chi connectivity index (χ2n) is 8.44. The third kappa shape index (κ3) is 4.46. The molecule has 156 valence electrons. The molecule has 0 atom stereocenters. The minimum Gasteiger partial charge on any atom is -0.465 e. The Morgan fingerprint density at radius 1 is 0.967 bits per heavy atom. The average molecular weight is 422 g/mol. The van der Waals surface area contributed by atoms with E-state index in [2.05, 4.69) is 26.1 Å². The van der Waals surface area contributed by atoms with Gasteiger partial charge in [0.05, 0.1) is 7.11 Å². The van der Waals surface area contributed by atoms with Crippen LogP contribution in [0.1, 0.15) is 58.2 Å². The maximum absolute atomic E-state index is 12.8. The number of nitrogens with one attached hydrogen (secondary N) is 1. The maximum Gasteiger partial charge on any atom is 0.341 e. The van der Waals surface area contributed by atoms with Gasteiger partial charge < -0.3 is 10.1 Å². The third-order valence-corrected chi connectivity index (χ3v) is 6.00. The number of rotatable bonds is 4. The lowest BCUT2D eigenvalue weighted by Gasteiger charge is -2.19. The van der Waals surface area contributed by atoms with Crippen molar-refractivity contribution < 1.29 is 14.3 Å². The van der Waals surface area contributed by atoms with E-state index in [1.807, 2.05) is 61.7 Å². The number of thiophene rings is 1. The summed E-state index contributed by atoms with van der Waals surface area (Å²) < 4.78 is 5.02. The number of anilines is 1. The van der Waals surface area contributed by atoms with Crippen molar-refractivity contribution in [1.29, 1.82) is 0 Å². The van der Waals surface area contributed by atoms with E-state index in [0.29, 0.717) is 16.1 Å². The Morgan fingerprint density at radius 3 is 2.23 bits per heavy atom. The lowest BCUT2D eigenvalue weighted by atomic mass is 9.87. The molecule has 0 saturated carbocycles. The Balaban J connectivity index is 1.96. The van der Waals surface area contributed by atoms with Crippen LogP contribution in [0.2, 0.25) is 0 Å². The highest BCUT2D eigenvalue weighted by Gasteiger charge is 2.24. The normalized spacial score (nSPS) is 11.3. The zero-order valence-corrected chi connectivity index (χ0v) is 19.1. The van der Waals surface area contributed by atoms with Crippen LogP contribution in [0.25, 0.3) is 11.1 Å². The molecule has 0 aliphatic carbocycles. The van der Waals surface area contributed by atoms with Gasteiger partial charge in [-0.1, -0.05) is 56.7 Å². The zero-order chi connectivity index (χ0) is 22.1. The fraction of sp³-hybridized carbons (Fsp3) is 0.280. The number of carbonyl (C=O) groups excluding carboxylic acids is 2. The summed E-state index contributed by atoms with van der Waals surface area (Å²) in [6.07, 6.45) is 0. The number of esters is 1. The summed E-state index contributed by atoms with van der Waals surface area (Å²) in [6, 6.07) is 13.7. The Morgan fingerprint density at radius 2 is 1.63 bits per heavy atom. The van der Waals surface area contributed by atoms with E-state index in [1.165, 1.54) is 18.4 Å². The van der Waals surface area contributed by atoms with E-state index in [0.717, 1.165) is 27.8 Å². The number of hydrogen-bond acceptors (Lipinski definition) is 4. The predicted octanol–water partition coefficient (Wildman–Crippen LogP) is 6.37. The first-order valence-electron chi connectivity index (χ1n) is 9.81. The van der Waals surface area contributed by atoms with Crippen molar-refractivity contribution in [2.24, 2.45) is 0 Å². The van der Waals surface area contributed by atoms with E-state index < -0.39 is 5.97 Å². The number of amides is 1.